The molecule has 54 valence electrons. The molecule has 0 N–H and O–H groups in total. The molecule has 0 aliphatic heterocycles. The molecule has 0 aliphatic rings. The molecular formula is C4H4N2O2S2. The van der Waals surface area contributed by atoms with E-state index in [4.69, 9.17) is 0 Å². The van der Waals surface area contributed by atoms with Gasteiger partial charge in [-0.2, -0.15) is 9.98 Å². The third-order valence-electron chi connectivity index (χ3n) is 0.447. The van der Waals surface area contributed by atoms with E-state index in [0.29, 0.717) is 11.8 Å². The van der Waals surface area contributed by atoms with Crippen LogP contribution in [0.4, 0.5) is 0 Å². The Labute approximate surface area is 65.6 Å². The van der Waals surface area contributed by atoms with Crippen LogP contribution in [0.3, 0.4) is 0 Å². The number of rotatable bonds is 5. The number of isocyanates is 2. The predicted octanol–water partition coefficient (Wildman–Crippen LogP) is 0.954. The summed E-state index contributed by atoms with van der Waals surface area (Å²) in [4.78, 5) is 25.5. The summed E-state index contributed by atoms with van der Waals surface area (Å²) < 4.78 is 0. The number of hydrogen-bond donors (Lipinski definition) is 0. The molecule has 0 saturated heterocycles. The molecule has 0 rings (SSSR count). The van der Waals surface area contributed by atoms with Gasteiger partial charge >= 0.3 is 0 Å². The summed E-state index contributed by atoms with van der Waals surface area (Å²) in [6.45, 7) is 0. The first-order valence-electron chi connectivity index (χ1n) is 2.23. The van der Waals surface area contributed by atoms with Crippen LogP contribution in [-0.2, 0) is 9.59 Å². The lowest BCUT2D eigenvalue weighted by atomic mass is 11.4. The second-order valence-corrected chi connectivity index (χ2v) is 3.39. The van der Waals surface area contributed by atoms with Crippen molar-refractivity contribution in [1.82, 2.24) is 0 Å². The van der Waals surface area contributed by atoms with Crippen molar-refractivity contribution in [2.24, 2.45) is 9.98 Å². The molecule has 0 heterocycles. The Hall–Kier alpha value is -0.540. The van der Waals surface area contributed by atoms with Crippen LogP contribution in [0.1, 0.15) is 0 Å². The van der Waals surface area contributed by atoms with E-state index in [2.05, 4.69) is 9.98 Å². The van der Waals surface area contributed by atoms with Crippen molar-refractivity contribution in [3.8, 4) is 0 Å². The van der Waals surface area contributed by atoms with Crippen LogP contribution in [0, 0.1) is 0 Å². The van der Waals surface area contributed by atoms with Crippen molar-refractivity contribution in [3.05, 3.63) is 0 Å². The molecule has 0 radical (unpaired) electrons. The molecule has 0 unspecified atom stereocenters. The van der Waals surface area contributed by atoms with E-state index < -0.39 is 0 Å². The van der Waals surface area contributed by atoms with E-state index in [9.17, 15) is 9.59 Å². The van der Waals surface area contributed by atoms with Crippen molar-refractivity contribution in [2.75, 3.05) is 11.8 Å². The largest absolute Gasteiger partial charge is 0.235 e. The minimum absolute atomic E-state index is 0.350. The summed E-state index contributed by atoms with van der Waals surface area (Å²) in [5.41, 5.74) is 0. The van der Waals surface area contributed by atoms with Gasteiger partial charge in [0.25, 0.3) is 0 Å². The van der Waals surface area contributed by atoms with Gasteiger partial charge in [-0.1, -0.05) is 21.6 Å². The molecule has 6 heteroatoms. The van der Waals surface area contributed by atoms with E-state index in [1.807, 2.05) is 0 Å². The molecule has 4 nitrogen and oxygen atoms in total. The minimum atomic E-state index is 0.350. The summed E-state index contributed by atoms with van der Waals surface area (Å²) in [6.07, 6.45) is 2.78. The Balaban J connectivity index is 3.04. The Morgan fingerprint density at radius 2 is 1.40 bits per heavy atom. The molecule has 0 spiro atoms. The van der Waals surface area contributed by atoms with Crippen LogP contribution in [0.15, 0.2) is 9.98 Å². The van der Waals surface area contributed by atoms with Gasteiger partial charge in [-0.25, -0.2) is 9.59 Å². The van der Waals surface area contributed by atoms with Gasteiger partial charge < -0.3 is 0 Å². The molecule has 0 amide bonds. The number of nitrogens with zero attached hydrogens (tertiary/aromatic N) is 2. The zero-order valence-electron chi connectivity index (χ0n) is 4.94. The van der Waals surface area contributed by atoms with E-state index in [1.54, 1.807) is 0 Å². The van der Waals surface area contributed by atoms with Gasteiger partial charge in [0.15, 0.2) is 0 Å². The molecular weight excluding hydrogens is 172 g/mol. The smallest absolute Gasteiger partial charge is 0.211 e. The highest BCUT2D eigenvalue weighted by Crippen LogP contribution is 2.20. The summed E-state index contributed by atoms with van der Waals surface area (Å²) >= 11 is 0. The minimum Gasteiger partial charge on any atom is -0.211 e. The maximum atomic E-state index is 9.49. The number of aliphatic imine (C=N–C) groups is 2. The Morgan fingerprint density at radius 3 is 1.70 bits per heavy atom. The van der Waals surface area contributed by atoms with Crippen LogP contribution < -0.4 is 0 Å². The predicted molar refractivity (Wildman–Crippen MR) is 41.2 cm³/mol. The molecule has 0 aromatic heterocycles. The first-order chi connectivity index (χ1) is 4.91. The highest BCUT2D eigenvalue weighted by Gasteiger charge is 1.83. The first-order valence-corrected chi connectivity index (χ1v) is 4.72. The van der Waals surface area contributed by atoms with E-state index in [-0.39, 0.29) is 0 Å². The number of hydrogen-bond acceptors (Lipinski definition) is 6. The molecule has 0 saturated carbocycles. The normalized spacial score (nSPS) is 7.60. The average Bonchev–Trinajstić information content (AvgIpc) is 1.97. The molecule has 0 aliphatic carbocycles. The van der Waals surface area contributed by atoms with Crippen molar-refractivity contribution in [2.45, 2.75) is 0 Å². The lowest BCUT2D eigenvalue weighted by molar-refractivity contribution is 0.563. The van der Waals surface area contributed by atoms with Crippen molar-refractivity contribution >= 4 is 33.7 Å². The second-order valence-electron chi connectivity index (χ2n) is 0.993. The van der Waals surface area contributed by atoms with Gasteiger partial charge in [-0.15, -0.1) is 0 Å². The van der Waals surface area contributed by atoms with E-state index in [1.165, 1.54) is 33.7 Å². The van der Waals surface area contributed by atoms with E-state index >= 15 is 0 Å². The molecule has 0 bridgehead atoms. The third kappa shape index (κ3) is 7.46. The van der Waals surface area contributed by atoms with Crippen molar-refractivity contribution in [1.29, 1.82) is 0 Å². The zero-order valence-corrected chi connectivity index (χ0v) is 6.57. The molecule has 10 heavy (non-hydrogen) atoms. The maximum absolute atomic E-state index is 9.49. The van der Waals surface area contributed by atoms with Gasteiger partial charge in [0.05, 0.1) is 0 Å². The fourth-order valence-electron chi connectivity index (χ4n) is 0.180. The quantitative estimate of drug-likeness (QED) is 0.271. The average molecular weight is 176 g/mol. The standard InChI is InChI=1S/C4H4N2O2S2/c7-1-5-3-9-10-4-6-2-8/h3-4H2. The Kier molecular flexibility index (Phi) is 8.00. The zero-order chi connectivity index (χ0) is 7.66. The van der Waals surface area contributed by atoms with Gasteiger partial charge in [-0.3, -0.25) is 0 Å². The SMILES string of the molecule is O=C=NCSSCN=C=O. The first kappa shape index (κ1) is 9.46. The van der Waals surface area contributed by atoms with Crippen molar-refractivity contribution < 1.29 is 9.59 Å². The third-order valence-corrected chi connectivity index (χ3v) is 2.22. The molecule has 0 aromatic carbocycles. The highest BCUT2D eigenvalue weighted by atomic mass is 33.1. The lowest BCUT2D eigenvalue weighted by Gasteiger charge is -1.86. The molecule has 0 atom stereocenters. The van der Waals surface area contributed by atoms with Crippen molar-refractivity contribution in [3.63, 3.8) is 0 Å². The maximum Gasteiger partial charge on any atom is 0.235 e. The summed E-state index contributed by atoms with van der Waals surface area (Å²) in [6, 6.07) is 0. The van der Waals surface area contributed by atoms with Crippen LogP contribution in [-0.4, -0.2) is 23.9 Å². The monoisotopic (exact) mass is 176 g/mol. The van der Waals surface area contributed by atoms with Gasteiger partial charge in [-0.05, 0) is 0 Å². The Bertz CT molecular complexity index is 152. The fraction of sp³-hybridized carbons (Fsp3) is 0.500. The van der Waals surface area contributed by atoms with Gasteiger partial charge in [0, 0.05) is 0 Å². The van der Waals surface area contributed by atoms with Crippen LogP contribution in [0.25, 0.3) is 0 Å². The summed E-state index contributed by atoms with van der Waals surface area (Å²) in [5, 5.41) is 0. The van der Waals surface area contributed by atoms with E-state index in [0.717, 1.165) is 0 Å². The molecule has 0 fully saturated rings. The lowest BCUT2D eigenvalue weighted by Crippen LogP contribution is -1.67. The topological polar surface area (TPSA) is 58.9 Å². The molecule has 0 aromatic rings. The Morgan fingerprint density at radius 1 is 1.00 bits per heavy atom. The van der Waals surface area contributed by atoms with Crippen LogP contribution >= 0.6 is 21.6 Å². The van der Waals surface area contributed by atoms with Crippen LogP contribution in [0.5, 0.6) is 0 Å². The van der Waals surface area contributed by atoms with Crippen LogP contribution in [0.2, 0.25) is 0 Å². The number of carbonyl (C=O) groups excluding carboxylic acids is 2. The van der Waals surface area contributed by atoms with Gasteiger partial charge in [0.1, 0.15) is 11.8 Å². The van der Waals surface area contributed by atoms with Gasteiger partial charge in [0.2, 0.25) is 12.2 Å². The second kappa shape index (κ2) is 8.46. The summed E-state index contributed by atoms with van der Waals surface area (Å²) in [5.74, 6) is 0.699. The fourth-order valence-corrected chi connectivity index (χ4v) is 1.30. The summed E-state index contributed by atoms with van der Waals surface area (Å²) in [7, 11) is 2.67. The highest BCUT2D eigenvalue weighted by molar-refractivity contribution is 8.76.